The summed E-state index contributed by atoms with van der Waals surface area (Å²) in [6.45, 7) is 1.65. The lowest BCUT2D eigenvalue weighted by Crippen LogP contribution is -2.29. The molecule has 0 unspecified atom stereocenters. The van der Waals surface area contributed by atoms with Gasteiger partial charge in [0.1, 0.15) is 0 Å². The van der Waals surface area contributed by atoms with Gasteiger partial charge in [-0.15, -0.1) is 0 Å². The van der Waals surface area contributed by atoms with Crippen LogP contribution in [0.2, 0.25) is 0 Å². The van der Waals surface area contributed by atoms with Crippen molar-refractivity contribution in [2.45, 2.75) is 25.2 Å². The Labute approximate surface area is 198 Å². The highest BCUT2D eigenvalue weighted by Crippen LogP contribution is 2.39. The number of aromatic nitrogens is 2. The quantitative estimate of drug-likeness (QED) is 0.248. The van der Waals surface area contributed by atoms with E-state index in [4.69, 9.17) is 0 Å². The van der Waals surface area contributed by atoms with Crippen molar-refractivity contribution in [3.8, 4) is 16.9 Å². The zero-order valence-electron chi connectivity index (χ0n) is 18.3. The van der Waals surface area contributed by atoms with Gasteiger partial charge in [0, 0.05) is 10.9 Å². The second-order valence-corrected chi connectivity index (χ2v) is 8.06. The minimum absolute atomic E-state index is 0.0314. The Kier molecular flexibility index (Phi) is 5.96. The molecule has 4 rings (SSSR count). The van der Waals surface area contributed by atoms with Gasteiger partial charge in [-0.3, -0.25) is 4.79 Å². The van der Waals surface area contributed by atoms with Crippen molar-refractivity contribution in [1.82, 2.24) is 9.78 Å². The molecular weight excluding hydrogens is 491 g/mol. The van der Waals surface area contributed by atoms with Crippen LogP contribution in [0.25, 0.3) is 27.7 Å². The summed E-state index contributed by atoms with van der Waals surface area (Å²) in [6, 6.07) is 2.10. The van der Waals surface area contributed by atoms with Gasteiger partial charge in [-0.2, -0.15) is 31.7 Å². The molecule has 0 aliphatic heterocycles. The molecule has 0 bridgehead atoms. The maximum Gasteiger partial charge on any atom is 0.416 e. The van der Waals surface area contributed by atoms with Gasteiger partial charge in [-0.05, 0) is 37.3 Å². The third kappa shape index (κ3) is 4.58. The van der Waals surface area contributed by atoms with Crippen LogP contribution in [0.4, 0.5) is 22.0 Å². The highest BCUT2D eigenvalue weighted by molar-refractivity contribution is 5.95. The normalized spacial score (nSPS) is 12.8. The summed E-state index contributed by atoms with van der Waals surface area (Å²) in [5.74, 6) is 0. The molecule has 12 heteroatoms. The van der Waals surface area contributed by atoms with Crippen LogP contribution >= 0.6 is 0 Å². The fraction of sp³-hybridized carbons (Fsp3) is 0.167. The van der Waals surface area contributed by atoms with E-state index in [9.17, 15) is 47.2 Å². The predicted octanol–water partition coefficient (Wildman–Crippen LogP) is 3.51. The molecule has 3 aromatic carbocycles. The summed E-state index contributed by atoms with van der Waals surface area (Å²) >= 11 is 0. The van der Waals surface area contributed by atoms with Crippen LogP contribution in [0.1, 0.15) is 22.3 Å². The average Bonchev–Trinajstić information content (AvgIpc) is 2.77. The van der Waals surface area contributed by atoms with Gasteiger partial charge in [0.25, 0.3) is 5.56 Å². The van der Waals surface area contributed by atoms with Crippen molar-refractivity contribution < 1.29 is 42.4 Å². The summed E-state index contributed by atoms with van der Waals surface area (Å²) in [5.41, 5.74) is -4.67. The number of alkyl halides is 5. The maximum absolute atomic E-state index is 14.5. The number of rotatable bonds is 4. The molecule has 0 saturated heterocycles. The number of benzene rings is 3. The smallest absolute Gasteiger partial charge is 0.336 e. The van der Waals surface area contributed by atoms with Crippen molar-refractivity contribution >= 4 is 10.8 Å². The highest BCUT2D eigenvalue weighted by Gasteiger charge is 2.40. The van der Waals surface area contributed by atoms with Crippen LogP contribution < -0.4 is 5.56 Å². The van der Waals surface area contributed by atoms with E-state index >= 15 is 0 Å². The van der Waals surface area contributed by atoms with Crippen LogP contribution in [0.3, 0.4) is 0 Å². The first kappa shape index (κ1) is 25.4. The Morgan fingerprint density at radius 1 is 0.806 bits per heavy atom. The minimum Gasteiger partial charge on any atom is -0.336 e. The van der Waals surface area contributed by atoms with Gasteiger partial charge in [0.2, 0.25) is 0 Å². The van der Waals surface area contributed by atoms with Crippen molar-refractivity contribution in [2.24, 2.45) is 0 Å². The van der Waals surface area contributed by atoms with Crippen LogP contribution in [-0.4, -0.2) is 30.2 Å². The summed E-state index contributed by atoms with van der Waals surface area (Å²) in [6.07, 6.45) is -4.64. The van der Waals surface area contributed by atoms with E-state index < -0.39 is 46.1 Å². The molecule has 1 heterocycles. The van der Waals surface area contributed by atoms with Gasteiger partial charge in [-0.25, -0.2) is 0 Å². The molecule has 0 aliphatic carbocycles. The molecule has 0 spiro atoms. The Morgan fingerprint density at radius 3 is 2.00 bits per heavy atom. The van der Waals surface area contributed by atoms with Crippen LogP contribution in [-0.2, 0) is 18.3 Å². The summed E-state index contributed by atoms with van der Waals surface area (Å²) in [5, 5.41) is 42.5. The zero-order valence-corrected chi connectivity index (χ0v) is 18.3. The molecule has 0 fully saturated rings. The van der Waals surface area contributed by atoms with Crippen molar-refractivity contribution in [2.75, 3.05) is 0 Å². The van der Waals surface area contributed by atoms with Crippen LogP contribution in [0.5, 0.6) is 0 Å². The molecule has 4 aromatic rings. The highest BCUT2D eigenvalue weighted by atomic mass is 19.4. The molecule has 7 nitrogen and oxygen atoms in total. The summed E-state index contributed by atoms with van der Waals surface area (Å²) in [4.78, 5) is 13.2. The second kappa shape index (κ2) is 8.45. The van der Waals surface area contributed by atoms with Gasteiger partial charge in [0.15, 0.2) is 0 Å². The molecular formula is C24H17F5N2O5. The zero-order chi connectivity index (χ0) is 26.6. The number of halogens is 5. The molecule has 0 amide bonds. The van der Waals surface area contributed by atoms with Gasteiger partial charge < -0.3 is 20.4 Å². The lowest BCUT2D eigenvalue weighted by Gasteiger charge is -2.24. The van der Waals surface area contributed by atoms with E-state index in [0.29, 0.717) is 16.3 Å². The molecule has 188 valence electrons. The van der Waals surface area contributed by atoms with E-state index in [1.54, 1.807) is 13.0 Å². The minimum atomic E-state index is -4.64. The van der Waals surface area contributed by atoms with Crippen molar-refractivity contribution in [1.29, 1.82) is 0 Å². The SMILES string of the molecule is Cc1ccc2c(-c3cccc(C(O)(O)F)c3C(O)(O)F)nn(-c3ccc(C(F)(F)F)cc3)c(=O)c2c1. The topological polar surface area (TPSA) is 116 Å². The van der Waals surface area contributed by atoms with E-state index in [1.165, 1.54) is 12.1 Å². The molecule has 4 N–H and O–H groups in total. The fourth-order valence-electron chi connectivity index (χ4n) is 3.88. The Hall–Kier alpha value is -3.71. The second-order valence-electron chi connectivity index (χ2n) is 8.06. The van der Waals surface area contributed by atoms with E-state index in [2.05, 4.69) is 5.10 Å². The van der Waals surface area contributed by atoms with Crippen molar-refractivity contribution in [3.05, 3.63) is 93.3 Å². The lowest BCUT2D eigenvalue weighted by molar-refractivity contribution is -0.290. The fourth-order valence-corrected chi connectivity index (χ4v) is 3.88. The summed E-state index contributed by atoms with van der Waals surface area (Å²) < 4.78 is 68.3. The molecule has 0 saturated carbocycles. The Morgan fingerprint density at radius 2 is 1.44 bits per heavy atom. The van der Waals surface area contributed by atoms with E-state index in [1.807, 2.05) is 0 Å². The van der Waals surface area contributed by atoms with Crippen molar-refractivity contribution in [3.63, 3.8) is 0 Å². The van der Waals surface area contributed by atoms with Gasteiger partial charge in [0.05, 0.1) is 33.5 Å². The Bertz CT molecular complexity index is 1520. The van der Waals surface area contributed by atoms with Crippen LogP contribution in [0.15, 0.2) is 65.5 Å². The molecule has 0 aliphatic rings. The van der Waals surface area contributed by atoms with E-state index in [0.717, 1.165) is 36.4 Å². The molecule has 36 heavy (non-hydrogen) atoms. The number of fused-ring (bicyclic) bond motifs is 1. The number of nitrogens with zero attached hydrogens (tertiary/aromatic N) is 2. The molecule has 1 aromatic heterocycles. The maximum atomic E-state index is 14.5. The molecule has 0 atom stereocenters. The van der Waals surface area contributed by atoms with Gasteiger partial charge in [-0.1, -0.05) is 35.9 Å². The Balaban J connectivity index is 2.10. The first-order valence-corrected chi connectivity index (χ1v) is 10.2. The van der Waals surface area contributed by atoms with Gasteiger partial charge >= 0.3 is 18.3 Å². The summed E-state index contributed by atoms with van der Waals surface area (Å²) in [7, 11) is 0. The predicted molar refractivity (Wildman–Crippen MR) is 117 cm³/mol. The monoisotopic (exact) mass is 508 g/mol. The number of aliphatic hydroxyl groups is 4. The number of hydrogen-bond donors (Lipinski definition) is 4. The third-order valence-electron chi connectivity index (χ3n) is 5.47. The van der Waals surface area contributed by atoms with E-state index in [-0.39, 0.29) is 22.2 Å². The lowest BCUT2D eigenvalue weighted by atomic mass is 9.93. The largest absolute Gasteiger partial charge is 0.416 e. The van der Waals surface area contributed by atoms with Crippen LogP contribution in [0, 0.1) is 6.92 Å². The average molecular weight is 508 g/mol. The number of hydrogen-bond acceptors (Lipinski definition) is 6. The number of aryl methyl sites for hydroxylation is 1. The third-order valence-corrected chi connectivity index (χ3v) is 5.47. The molecule has 0 radical (unpaired) electrons. The first-order valence-electron chi connectivity index (χ1n) is 10.2. The standard InChI is InChI=1S/C24H17F5N2O5/c1-12-5-10-15-17(11-12)21(32)31(14-8-6-13(7-9-14)22(25,26)27)30-20(15)16-3-2-4-18(23(28,33)34)19(16)24(29,35)36/h2-11,33-36H,1H3. The first-order chi connectivity index (χ1) is 16.6.